The number of anilines is 1. The van der Waals surface area contributed by atoms with Gasteiger partial charge >= 0.3 is 5.97 Å². The summed E-state index contributed by atoms with van der Waals surface area (Å²) in [5.74, 6) is 1.01. The highest BCUT2D eigenvalue weighted by Crippen LogP contribution is 2.48. The molecule has 0 saturated carbocycles. The third-order valence-corrected chi connectivity index (χ3v) is 4.46. The molecule has 1 atom stereocenters. The van der Waals surface area contributed by atoms with Gasteiger partial charge < -0.3 is 19.5 Å². The fourth-order valence-corrected chi connectivity index (χ4v) is 3.43. The van der Waals surface area contributed by atoms with Crippen LogP contribution in [0.15, 0.2) is 53.7 Å². The van der Waals surface area contributed by atoms with Gasteiger partial charge in [-0.2, -0.15) is 0 Å². The summed E-state index contributed by atoms with van der Waals surface area (Å²) in [4.78, 5) is 12.3. The van der Waals surface area contributed by atoms with E-state index in [1.165, 1.54) is 0 Å². The summed E-state index contributed by atoms with van der Waals surface area (Å²) in [6, 6.07) is 13.9. The lowest BCUT2D eigenvalue weighted by Gasteiger charge is -2.27. The van der Waals surface area contributed by atoms with Crippen LogP contribution in [0.5, 0.6) is 11.5 Å². The predicted octanol–water partition coefficient (Wildman–Crippen LogP) is 2.78. The maximum Gasteiger partial charge on any atom is 0.337 e. The quantitative estimate of drug-likeness (QED) is 0.821. The number of rotatable bonds is 1. The van der Waals surface area contributed by atoms with Gasteiger partial charge in [-0.05, 0) is 17.2 Å². The zero-order chi connectivity index (χ0) is 15.4. The standard InChI is InChI=1S/C18H13NO4/c20-18-17-13(8-21-18)19-12-7-15-14(22-9-23-15)6-11(12)16(17)10-4-2-1-3-5-10/h1-7,16,19H,8-9H2. The molecule has 1 unspecified atom stereocenters. The van der Waals surface area contributed by atoms with Crippen molar-refractivity contribution in [3.63, 3.8) is 0 Å². The Balaban J connectivity index is 1.75. The number of nitrogens with one attached hydrogen (secondary N) is 1. The molecule has 2 aromatic carbocycles. The molecule has 2 aromatic rings. The van der Waals surface area contributed by atoms with Gasteiger partial charge in [-0.25, -0.2) is 4.79 Å². The van der Waals surface area contributed by atoms with Crippen LogP contribution in [0.3, 0.4) is 0 Å². The van der Waals surface area contributed by atoms with Crippen molar-refractivity contribution in [2.75, 3.05) is 18.7 Å². The molecule has 5 heteroatoms. The first-order valence-corrected chi connectivity index (χ1v) is 7.47. The number of fused-ring (bicyclic) bond motifs is 2. The Labute approximate surface area is 132 Å². The zero-order valence-electron chi connectivity index (χ0n) is 12.2. The normalized spacial score (nSPS) is 20.7. The lowest BCUT2D eigenvalue weighted by atomic mass is 9.81. The van der Waals surface area contributed by atoms with Crippen molar-refractivity contribution in [1.29, 1.82) is 0 Å². The van der Waals surface area contributed by atoms with Crippen molar-refractivity contribution in [3.05, 3.63) is 64.9 Å². The number of cyclic esters (lactones) is 1. The number of carbonyl (C=O) groups is 1. The Kier molecular flexibility index (Phi) is 2.47. The highest BCUT2D eigenvalue weighted by molar-refractivity contribution is 5.97. The van der Waals surface area contributed by atoms with E-state index in [1.54, 1.807) is 0 Å². The molecular formula is C18H13NO4. The summed E-state index contributed by atoms with van der Waals surface area (Å²) in [6.07, 6.45) is 0. The number of hydrogen-bond acceptors (Lipinski definition) is 5. The lowest BCUT2D eigenvalue weighted by molar-refractivity contribution is -0.136. The highest BCUT2D eigenvalue weighted by Gasteiger charge is 2.39. The van der Waals surface area contributed by atoms with Crippen LogP contribution in [0.1, 0.15) is 17.0 Å². The molecule has 3 heterocycles. The molecular weight excluding hydrogens is 294 g/mol. The highest BCUT2D eigenvalue weighted by atomic mass is 16.7. The van der Waals surface area contributed by atoms with Gasteiger partial charge in [0, 0.05) is 17.7 Å². The van der Waals surface area contributed by atoms with Crippen molar-refractivity contribution in [3.8, 4) is 11.5 Å². The summed E-state index contributed by atoms with van der Waals surface area (Å²) < 4.78 is 16.2. The maximum absolute atomic E-state index is 12.3. The molecule has 23 heavy (non-hydrogen) atoms. The van der Waals surface area contributed by atoms with Crippen LogP contribution in [-0.2, 0) is 9.53 Å². The van der Waals surface area contributed by atoms with E-state index in [0.29, 0.717) is 11.3 Å². The van der Waals surface area contributed by atoms with Crippen LogP contribution < -0.4 is 14.8 Å². The van der Waals surface area contributed by atoms with E-state index in [0.717, 1.165) is 28.3 Å². The Hall–Kier alpha value is -2.95. The SMILES string of the molecule is O=C1OCC2=C1C(c1ccccc1)c1cc3c(cc1N2)OCO3. The number of ether oxygens (including phenoxy) is 3. The lowest BCUT2D eigenvalue weighted by Crippen LogP contribution is -2.19. The van der Waals surface area contributed by atoms with Crippen molar-refractivity contribution in [2.24, 2.45) is 0 Å². The summed E-state index contributed by atoms with van der Waals surface area (Å²) in [5, 5.41) is 3.32. The maximum atomic E-state index is 12.3. The molecule has 3 aliphatic rings. The smallest absolute Gasteiger partial charge is 0.337 e. The molecule has 5 nitrogen and oxygen atoms in total. The second kappa shape index (κ2) is 4.52. The second-order valence-electron chi connectivity index (χ2n) is 5.73. The van der Waals surface area contributed by atoms with E-state index in [1.807, 2.05) is 42.5 Å². The topological polar surface area (TPSA) is 56.8 Å². The first-order valence-electron chi connectivity index (χ1n) is 7.47. The average molecular weight is 307 g/mol. The van der Waals surface area contributed by atoms with Crippen LogP contribution in [-0.4, -0.2) is 19.4 Å². The van der Waals surface area contributed by atoms with Gasteiger partial charge in [0.05, 0.1) is 11.3 Å². The van der Waals surface area contributed by atoms with Crippen molar-refractivity contribution in [2.45, 2.75) is 5.92 Å². The van der Waals surface area contributed by atoms with E-state index in [4.69, 9.17) is 14.2 Å². The molecule has 5 rings (SSSR count). The van der Waals surface area contributed by atoms with Gasteiger partial charge in [-0.15, -0.1) is 0 Å². The monoisotopic (exact) mass is 307 g/mol. The van der Waals surface area contributed by atoms with Crippen LogP contribution in [0.25, 0.3) is 0 Å². The molecule has 0 fully saturated rings. The Bertz CT molecular complexity index is 857. The van der Waals surface area contributed by atoms with E-state index < -0.39 is 0 Å². The Morgan fingerprint density at radius 3 is 2.61 bits per heavy atom. The van der Waals surface area contributed by atoms with Crippen LogP contribution in [0.2, 0.25) is 0 Å². The number of hydrogen-bond donors (Lipinski definition) is 1. The fraction of sp³-hybridized carbons (Fsp3) is 0.167. The molecule has 0 bridgehead atoms. The first-order chi connectivity index (χ1) is 11.3. The van der Waals surface area contributed by atoms with Crippen molar-refractivity contribution in [1.82, 2.24) is 0 Å². The summed E-state index contributed by atoms with van der Waals surface area (Å²) in [5.41, 5.74) is 4.50. The van der Waals surface area contributed by atoms with Gasteiger partial charge in [-0.3, -0.25) is 0 Å². The Morgan fingerprint density at radius 2 is 1.78 bits per heavy atom. The summed E-state index contributed by atoms with van der Waals surface area (Å²) >= 11 is 0. The number of esters is 1. The molecule has 3 aliphatic heterocycles. The van der Waals surface area contributed by atoms with Gasteiger partial charge in [0.25, 0.3) is 0 Å². The summed E-state index contributed by atoms with van der Waals surface area (Å²) in [6.45, 7) is 0.509. The van der Waals surface area contributed by atoms with Crippen LogP contribution in [0.4, 0.5) is 5.69 Å². The molecule has 0 aliphatic carbocycles. The Morgan fingerprint density at radius 1 is 1.00 bits per heavy atom. The molecule has 0 aromatic heterocycles. The molecule has 0 amide bonds. The van der Waals surface area contributed by atoms with E-state index in [2.05, 4.69) is 5.32 Å². The minimum atomic E-state index is -0.260. The zero-order valence-corrected chi connectivity index (χ0v) is 12.2. The van der Waals surface area contributed by atoms with Gasteiger partial charge in [0.1, 0.15) is 6.61 Å². The molecule has 0 radical (unpaired) electrons. The molecule has 1 N–H and O–H groups in total. The third kappa shape index (κ3) is 1.76. The van der Waals surface area contributed by atoms with Gasteiger partial charge in [0.15, 0.2) is 11.5 Å². The number of carbonyl (C=O) groups excluding carboxylic acids is 1. The molecule has 114 valence electrons. The second-order valence-corrected chi connectivity index (χ2v) is 5.73. The van der Waals surface area contributed by atoms with Gasteiger partial charge in [-0.1, -0.05) is 30.3 Å². The largest absolute Gasteiger partial charge is 0.456 e. The minimum absolute atomic E-state index is 0.160. The average Bonchev–Trinajstić information content (AvgIpc) is 3.18. The summed E-state index contributed by atoms with van der Waals surface area (Å²) in [7, 11) is 0. The van der Waals surface area contributed by atoms with Crippen LogP contribution >= 0.6 is 0 Å². The molecule has 0 spiro atoms. The third-order valence-electron chi connectivity index (χ3n) is 4.46. The number of benzene rings is 2. The first kappa shape index (κ1) is 12.6. The fourth-order valence-electron chi connectivity index (χ4n) is 3.43. The van der Waals surface area contributed by atoms with Crippen molar-refractivity contribution >= 4 is 11.7 Å². The van der Waals surface area contributed by atoms with E-state index in [-0.39, 0.29) is 25.3 Å². The van der Waals surface area contributed by atoms with E-state index >= 15 is 0 Å². The molecule has 0 saturated heterocycles. The van der Waals surface area contributed by atoms with Crippen LogP contribution in [0, 0.1) is 0 Å². The predicted molar refractivity (Wildman–Crippen MR) is 82.5 cm³/mol. The van der Waals surface area contributed by atoms with Gasteiger partial charge in [0.2, 0.25) is 6.79 Å². The minimum Gasteiger partial charge on any atom is -0.456 e. The van der Waals surface area contributed by atoms with Crippen molar-refractivity contribution < 1.29 is 19.0 Å². The van der Waals surface area contributed by atoms with E-state index in [9.17, 15) is 4.79 Å².